The fourth-order valence-electron chi connectivity index (χ4n) is 4.96. The SMILES string of the molecule is CCOC(=O)[C@@H]1CCCN(c2ccc(NC(=O)Cc3ccc(OC)cc3)cc2S(=O)(=O)N[C@H](C)c2ccccc2)C1. The largest absolute Gasteiger partial charge is 0.497 e. The summed E-state index contributed by atoms with van der Waals surface area (Å²) in [6.07, 6.45) is 1.52. The Labute approximate surface area is 241 Å². The fraction of sp³-hybridized carbons (Fsp3) is 0.355. The standard InChI is InChI=1S/C31H37N3O6S/c1-4-40-31(36)25-11-8-18-34(21-25)28-17-14-26(32-30(35)19-23-12-15-27(39-3)16-13-23)20-29(28)41(37,38)33-22(2)24-9-6-5-7-10-24/h5-7,9-10,12-17,20,22,25,33H,4,8,11,18-19,21H2,1-3H3,(H,32,35)/t22-,25-/m1/s1. The minimum Gasteiger partial charge on any atom is -0.497 e. The van der Waals surface area contributed by atoms with Crippen LogP contribution in [0, 0.1) is 5.92 Å². The van der Waals surface area contributed by atoms with E-state index in [0.717, 1.165) is 17.5 Å². The van der Waals surface area contributed by atoms with Gasteiger partial charge in [0.05, 0.1) is 31.7 Å². The molecule has 218 valence electrons. The van der Waals surface area contributed by atoms with Crippen LogP contribution in [0.4, 0.5) is 11.4 Å². The van der Waals surface area contributed by atoms with Gasteiger partial charge in [-0.3, -0.25) is 9.59 Å². The first-order valence-corrected chi connectivity index (χ1v) is 15.2. The van der Waals surface area contributed by atoms with Crippen LogP contribution in [0.5, 0.6) is 5.75 Å². The van der Waals surface area contributed by atoms with E-state index < -0.39 is 16.1 Å². The van der Waals surface area contributed by atoms with E-state index >= 15 is 0 Å². The van der Waals surface area contributed by atoms with Gasteiger partial charge in [0.2, 0.25) is 15.9 Å². The highest BCUT2D eigenvalue weighted by Gasteiger charge is 2.31. The average molecular weight is 580 g/mol. The van der Waals surface area contributed by atoms with Crippen LogP contribution >= 0.6 is 0 Å². The van der Waals surface area contributed by atoms with Crippen molar-refractivity contribution in [1.29, 1.82) is 0 Å². The van der Waals surface area contributed by atoms with Crippen LogP contribution in [0.15, 0.2) is 77.7 Å². The molecule has 2 N–H and O–H groups in total. The highest BCUT2D eigenvalue weighted by Crippen LogP contribution is 2.33. The Bertz CT molecular complexity index is 1440. The Morgan fingerprint density at radius 2 is 1.78 bits per heavy atom. The number of hydrogen-bond donors (Lipinski definition) is 2. The van der Waals surface area contributed by atoms with Crippen molar-refractivity contribution in [3.8, 4) is 5.75 Å². The number of ether oxygens (including phenoxy) is 2. The van der Waals surface area contributed by atoms with E-state index in [0.29, 0.717) is 43.2 Å². The molecule has 0 radical (unpaired) electrons. The first kappa shape index (κ1) is 30.1. The number of carbonyl (C=O) groups excluding carboxylic acids is 2. The summed E-state index contributed by atoms with van der Waals surface area (Å²) in [7, 11) is -2.46. The lowest BCUT2D eigenvalue weighted by atomic mass is 9.97. The van der Waals surface area contributed by atoms with Gasteiger partial charge in [-0.15, -0.1) is 0 Å². The van der Waals surface area contributed by atoms with Gasteiger partial charge in [-0.25, -0.2) is 13.1 Å². The predicted octanol–water partition coefficient (Wildman–Crippen LogP) is 4.70. The number of nitrogens with one attached hydrogen (secondary N) is 2. The van der Waals surface area contributed by atoms with Gasteiger partial charge in [0.1, 0.15) is 10.6 Å². The molecule has 1 saturated heterocycles. The Morgan fingerprint density at radius 3 is 2.46 bits per heavy atom. The summed E-state index contributed by atoms with van der Waals surface area (Å²) in [4.78, 5) is 27.3. The molecule has 0 saturated carbocycles. The number of carbonyl (C=O) groups is 2. The van der Waals surface area contributed by atoms with E-state index in [1.54, 1.807) is 45.2 Å². The van der Waals surface area contributed by atoms with Gasteiger partial charge in [0.15, 0.2) is 0 Å². The number of nitrogens with zero attached hydrogens (tertiary/aromatic N) is 1. The first-order chi connectivity index (χ1) is 19.7. The third-order valence-electron chi connectivity index (χ3n) is 7.07. The molecule has 3 aromatic carbocycles. The minimum atomic E-state index is -4.03. The maximum absolute atomic E-state index is 13.8. The minimum absolute atomic E-state index is 0.0343. The van der Waals surface area contributed by atoms with E-state index in [4.69, 9.17) is 9.47 Å². The van der Waals surface area contributed by atoms with Gasteiger partial charge in [0.25, 0.3) is 0 Å². The van der Waals surface area contributed by atoms with Crippen molar-refractivity contribution in [2.24, 2.45) is 5.92 Å². The molecule has 3 aromatic rings. The van der Waals surface area contributed by atoms with E-state index in [-0.39, 0.29) is 29.1 Å². The van der Waals surface area contributed by atoms with E-state index in [9.17, 15) is 18.0 Å². The molecule has 41 heavy (non-hydrogen) atoms. The summed E-state index contributed by atoms with van der Waals surface area (Å²) in [5, 5.41) is 2.84. The molecule has 9 nitrogen and oxygen atoms in total. The predicted molar refractivity (Wildman–Crippen MR) is 159 cm³/mol. The fourth-order valence-corrected chi connectivity index (χ4v) is 6.44. The number of hydrogen-bond acceptors (Lipinski definition) is 7. The maximum Gasteiger partial charge on any atom is 0.310 e. The van der Waals surface area contributed by atoms with Gasteiger partial charge in [-0.2, -0.15) is 0 Å². The summed E-state index contributed by atoms with van der Waals surface area (Å²) in [6, 6.07) is 20.9. The lowest BCUT2D eigenvalue weighted by Crippen LogP contribution is -2.40. The first-order valence-electron chi connectivity index (χ1n) is 13.8. The highest BCUT2D eigenvalue weighted by atomic mass is 32.2. The normalized spacial score (nSPS) is 16.1. The summed E-state index contributed by atoms with van der Waals surface area (Å²) in [5.74, 6) is -0.212. The molecule has 0 aliphatic carbocycles. The number of esters is 1. The molecule has 1 fully saturated rings. The summed E-state index contributed by atoms with van der Waals surface area (Å²) in [5.41, 5.74) is 2.45. The van der Waals surface area contributed by atoms with E-state index in [1.165, 1.54) is 6.07 Å². The van der Waals surface area contributed by atoms with Gasteiger partial charge in [0, 0.05) is 24.8 Å². The van der Waals surface area contributed by atoms with Crippen molar-refractivity contribution in [3.05, 3.63) is 83.9 Å². The van der Waals surface area contributed by atoms with Crippen LogP contribution < -0.4 is 19.7 Å². The molecule has 4 rings (SSSR count). The monoisotopic (exact) mass is 579 g/mol. The third kappa shape index (κ3) is 7.86. The third-order valence-corrected chi connectivity index (χ3v) is 8.64. The van der Waals surface area contributed by atoms with Gasteiger partial charge < -0.3 is 19.7 Å². The quantitative estimate of drug-likeness (QED) is 0.317. The zero-order valence-corrected chi connectivity index (χ0v) is 24.4. The van der Waals surface area contributed by atoms with Crippen molar-refractivity contribution in [1.82, 2.24) is 4.72 Å². The van der Waals surface area contributed by atoms with E-state index in [1.807, 2.05) is 47.4 Å². The molecule has 1 aliphatic rings. The maximum atomic E-state index is 13.8. The molecule has 0 bridgehead atoms. The van der Waals surface area contributed by atoms with Gasteiger partial charge in [-0.1, -0.05) is 42.5 Å². The Kier molecular flexibility index (Phi) is 10.0. The number of piperidine rings is 1. The lowest BCUT2D eigenvalue weighted by Gasteiger charge is -2.34. The molecule has 1 amide bonds. The molecule has 10 heteroatoms. The second kappa shape index (κ2) is 13.6. The van der Waals surface area contributed by atoms with Crippen LogP contribution in [0.25, 0.3) is 0 Å². The zero-order chi connectivity index (χ0) is 29.4. The molecule has 0 spiro atoms. The highest BCUT2D eigenvalue weighted by molar-refractivity contribution is 7.89. The zero-order valence-electron chi connectivity index (χ0n) is 23.6. The van der Waals surface area contributed by atoms with Crippen molar-refractivity contribution in [2.75, 3.05) is 37.0 Å². The number of anilines is 2. The number of methoxy groups -OCH3 is 1. The molecule has 1 heterocycles. The second-order valence-electron chi connectivity index (χ2n) is 10.0. The number of rotatable bonds is 11. The number of sulfonamides is 1. The molecular formula is C31H37N3O6S. The molecule has 2 atom stereocenters. The molecule has 0 unspecified atom stereocenters. The van der Waals surface area contributed by atoms with Crippen molar-refractivity contribution < 1.29 is 27.5 Å². The van der Waals surface area contributed by atoms with Crippen LogP contribution in [0.1, 0.15) is 43.9 Å². The van der Waals surface area contributed by atoms with E-state index in [2.05, 4.69) is 10.0 Å². The van der Waals surface area contributed by atoms with Gasteiger partial charge >= 0.3 is 5.97 Å². The smallest absolute Gasteiger partial charge is 0.310 e. The molecule has 0 aromatic heterocycles. The summed E-state index contributed by atoms with van der Waals surface area (Å²) >= 11 is 0. The van der Waals surface area contributed by atoms with Crippen LogP contribution in [0.2, 0.25) is 0 Å². The second-order valence-corrected chi connectivity index (χ2v) is 11.7. The Balaban J connectivity index is 1.62. The van der Waals surface area contributed by atoms with Crippen molar-refractivity contribution >= 4 is 33.3 Å². The lowest BCUT2D eigenvalue weighted by molar-refractivity contribution is -0.148. The number of amides is 1. The van der Waals surface area contributed by atoms with Crippen molar-refractivity contribution in [3.63, 3.8) is 0 Å². The Hall–Kier alpha value is -3.89. The van der Waals surface area contributed by atoms with Gasteiger partial charge in [-0.05, 0) is 68.1 Å². The van der Waals surface area contributed by atoms with Crippen molar-refractivity contribution in [2.45, 2.75) is 44.0 Å². The van der Waals surface area contributed by atoms with Crippen LogP contribution in [-0.2, 0) is 30.8 Å². The molecule has 1 aliphatic heterocycles. The summed E-state index contributed by atoms with van der Waals surface area (Å²) < 4.78 is 40.9. The topological polar surface area (TPSA) is 114 Å². The van der Waals surface area contributed by atoms with Crippen LogP contribution in [-0.4, -0.2) is 47.1 Å². The average Bonchev–Trinajstić information content (AvgIpc) is 2.98. The number of benzene rings is 3. The Morgan fingerprint density at radius 1 is 1.05 bits per heavy atom. The van der Waals surface area contributed by atoms with Crippen LogP contribution in [0.3, 0.4) is 0 Å². The molecular weight excluding hydrogens is 542 g/mol. The summed E-state index contributed by atoms with van der Waals surface area (Å²) in [6.45, 7) is 4.78.